The molecular weight excluding hydrogens is 220 g/mol. The zero-order valence-corrected chi connectivity index (χ0v) is 9.74. The number of aliphatic hydroxyl groups excluding tert-OH is 1. The van der Waals surface area contributed by atoms with Crippen LogP contribution in [-0.4, -0.2) is 24.1 Å². The molecule has 1 saturated carbocycles. The van der Waals surface area contributed by atoms with E-state index in [-0.39, 0.29) is 18.4 Å². The summed E-state index contributed by atoms with van der Waals surface area (Å²) in [5, 5.41) is 14.9. The normalized spacial score (nSPS) is 14.9. The number of rotatable bonds is 7. The minimum absolute atomic E-state index is 0.0720. The standard InChI is InChI=1S/C12H18N2O3/c15-8-11-4-3-10(17-11)7-13-5-6-14-12(16)9-1-2-9/h3-4,9,13,15H,1-2,5-8H2,(H,14,16). The quantitative estimate of drug-likeness (QED) is 0.601. The molecule has 1 amide bonds. The molecule has 1 aliphatic rings. The van der Waals surface area contributed by atoms with E-state index in [9.17, 15) is 4.79 Å². The van der Waals surface area contributed by atoms with Crippen molar-refractivity contribution in [3.63, 3.8) is 0 Å². The lowest BCUT2D eigenvalue weighted by Gasteiger charge is -2.04. The van der Waals surface area contributed by atoms with E-state index in [0.29, 0.717) is 25.4 Å². The number of aliphatic hydroxyl groups is 1. The summed E-state index contributed by atoms with van der Waals surface area (Å²) in [7, 11) is 0. The molecular formula is C12H18N2O3. The van der Waals surface area contributed by atoms with Gasteiger partial charge in [-0.2, -0.15) is 0 Å². The van der Waals surface area contributed by atoms with Crippen molar-refractivity contribution in [1.29, 1.82) is 0 Å². The minimum Gasteiger partial charge on any atom is -0.462 e. The molecule has 1 aromatic heterocycles. The Balaban J connectivity index is 1.54. The molecule has 0 aromatic carbocycles. The Morgan fingerprint density at radius 2 is 2.12 bits per heavy atom. The first-order chi connectivity index (χ1) is 8.29. The molecule has 0 unspecified atom stereocenters. The number of hydrogen-bond donors (Lipinski definition) is 3. The monoisotopic (exact) mass is 238 g/mol. The number of furan rings is 1. The van der Waals surface area contributed by atoms with Crippen LogP contribution >= 0.6 is 0 Å². The van der Waals surface area contributed by atoms with Crippen LogP contribution < -0.4 is 10.6 Å². The Morgan fingerprint density at radius 1 is 1.35 bits per heavy atom. The number of carbonyl (C=O) groups is 1. The molecule has 5 heteroatoms. The van der Waals surface area contributed by atoms with E-state index in [4.69, 9.17) is 9.52 Å². The Bertz CT molecular complexity index is 372. The highest BCUT2D eigenvalue weighted by atomic mass is 16.4. The fourth-order valence-corrected chi connectivity index (χ4v) is 1.58. The zero-order valence-electron chi connectivity index (χ0n) is 9.74. The summed E-state index contributed by atoms with van der Waals surface area (Å²) < 4.78 is 5.31. The number of nitrogens with one attached hydrogen (secondary N) is 2. The van der Waals surface area contributed by atoms with Gasteiger partial charge >= 0.3 is 0 Å². The van der Waals surface area contributed by atoms with Crippen LogP contribution in [0.3, 0.4) is 0 Å². The second-order valence-electron chi connectivity index (χ2n) is 4.27. The predicted octanol–water partition coefficient (Wildman–Crippen LogP) is 0.388. The second kappa shape index (κ2) is 5.84. The van der Waals surface area contributed by atoms with E-state index in [2.05, 4.69) is 10.6 Å². The molecule has 2 rings (SSSR count). The van der Waals surface area contributed by atoms with Gasteiger partial charge in [-0.05, 0) is 25.0 Å². The molecule has 0 atom stereocenters. The first kappa shape index (κ1) is 12.1. The van der Waals surface area contributed by atoms with Crippen molar-refractivity contribution in [3.05, 3.63) is 23.7 Å². The van der Waals surface area contributed by atoms with Gasteiger partial charge in [0.2, 0.25) is 5.91 Å². The largest absolute Gasteiger partial charge is 0.462 e. The molecule has 1 fully saturated rings. The van der Waals surface area contributed by atoms with Gasteiger partial charge in [0.15, 0.2) is 0 Å². The molecule has 0 saturated heterocycles. The third-order valence-electron chi connectivity index (χ3n) is 2.72. The Kier molecular flexibility index (Phi) is 4.17. The molecule has 3 N–H and O–H groups in total. The average Bonchev–Trinajstić information content (AvgIpc) is 3.09. The first-order valence-electron chi connectivity index (χ1n) is 5.96. The number of carbonyl (C=O) groups excluding carboxylic acids is 1. The molecule has 1 heterocycles. The third-order valence-corrected chi connectivity index (χ3v) is 2.72. The lowest BCUT2D eigenvalue weighted by Crippen LogP contribution is -2.32. The van der Waals surface area contributed by atoms with E-state index in [1.807, 2.05) is 6.07 Å². The van der Waals surface area contributed by atoms with Crippen molar-refractivity contribution < 1.29 is 14.3 Å². The maximum atomic E-state index is 11.3. The molecule has 0 spiro atoms. The van der Waals surface area contributed by atoms with Crippen LogP contribution in [0.5, 0.6) is 0 Å². The summed E-state index contributed by atoms with van der Waals surface area (Å²) in [5.74, 6) is 1.81. The van der Waals surface area contributed by atoms with E-state index in [0.717, 1.165) is 18.6 Å². The maximum Gasteiger partial charge on any atom is 0.223 e. The van der Waals surface area contributed by atoms with Gasteiger partial charge in [-0.15, -0.1) is 0 Å². The van der Waals surface area contributed by atoms with Crippen molar-refractivity contribution in [2.24, 2.45) is 5.92 Å². The Labute approximate surface area is 100 Å². The van der Waals surface area contributed by atoms with Gasteiger partial charge < -0.3 is 20.2 Å². The minimum atomic E-state index is -0.0720. The van der Waals surface area contributed by atoms with Crippen molar-refractivity contribution in [2.45, 2.75) is 26.0 Å². The van der Waals surface area contributed by atoms with Crippen LogP contribution in [0.15, 0.2) is 16.5 Å². The van der Waals surface area contributed by atoms with E-state index in [1.54, 1.807) is 6.07 Å². The van der Waals surface area contributed by atoms with Gasteiger partial charge in [0, 0.05) is 19.0 Å². The molecule has 94 valence electrons. The van der Waals surface area contributed by atoms with Crippen LogP contribution in [-0.2, 0) is 17.9 Å². The number of hydrogen-bond acceptors (Lipinski definition) is 4. The molecule has 5 nitrogen and oxygen atoms in total. The van der Waals surface area contributed by atoms with Gasteiger partial charge in [0.25, 0.3) is 0 Å². The zero-order chi connectivity index (χ0) is 12.1. The summed E-state index contributed by atoms with van der Waals surface area (Å²) in [5.41, 5.74) is 0. The molecule has 17 heavy (non-hydrogen) atoms. The molecule has 0 bridgehead atoms. The average molecular weight is 238 g/mol. The smallest absolute Gasteiger partial charge is 0.223 e. The summed E-state index contributed by atoms with van der Waals surface area (Å²) in [6.45, 7) is 1.90. The molecule has 0 radical (unpaired) electrons. The molecule has 0 aliphatic heterocycles. The van der Waals surface area contributed by atoms with Crippen LogP contribution in [0.25, 0.3) is 0 Å². The van der Waals surface area contributed by atoms with E-state index >= 15 is 0 Å². The molecule has 1 aromatic rings. The van der Waals surface area contributed by atoms with Gasteiger partial charge in [-0.25, -0.2) is 0 Å². The lowest BCUT2D eigenvalue weighted by molar-refractivity contribution is -0.122. The van der Waals surface area contributed by atoms with E-state index in [1.165, 1.54) is 0 Å². The first-order valence-corrected chi connectivity index (χ1v) is 5.96. The van der Waals surface area contributed by atoms with Crippen LogP contribution in [0.2, 0.25) is 0 Å². The Hall–Kier alpha value is -1.33. The van der Waals surface area contributed by atoms with E-state index < -0.39 is 0 Å². The van der Waals surface area contributed by atoms with Crippen molar-refractivity contribution in [1.82, 2.24) is 10.6 Å². The van der Waals surface area contributed by atoms with Crippen LogP contribution in [0.1, 0.15) is 24.4 Å². The highest BCUT2D eigenvalue weighted by molar-refractivity contribution is 5.80. The fraction of sp³-hybridized carbons (Fsp3) is 0.583. The van der Waals surface area contributed by atoms with Gasteiger partial charge in [-0.1, -0.05) is 0 Å². The van der Waals surface area contributed by atoms with Gasteiger partial charge in [0.1, 0.15) is 18.1 Å². The predicted molar refractivity (Wildman–Crippen MR) is 62.1 cm³/mol. The van der Waals surface area contributed by atoms with Gasteiger partial charge in [-0.3, -0.25) is 4.79 Å². The summed E-state index contributed by atoms with van der Waals surface area (Å²) >= 11 is 0. The highest BCUT2D eigenvalue weighted by Crippen LogP contribution is 2.28. The number of amides is 1. The summed E-state index contributed by atoms with van der Waals surface area (Å²) in [4.78, 5) is 11.3. The van der Waals surface area contributed by atoms with Crippen LogP contribution in [0.4, 0.5) is 0 Å². The SMILES string of the molecule is O=C(NCCNCc1ccc(CO)o1)C1CC1. The molecule has 1 aliphatic carbocycles. The summed E-state index contributed by atoms with van der Waals surface area (Å²) in [6, 6.07) is 3.59. The summed E-state index contributed by atoms with van der Waals surface area (Å²) in [6.07, 6.45) is 2.07. The Morgan fingerprint density at radius 3 is 2.76 bits per heavy atom. The third kappa shape index (κ3) is 3.87. The fourth-order valence-electron chi connectivity index (χ4n) is 1.58. The van der Waals surface area contributed by atoms with Crippen LogP contribution in [0, 0.1) is 5.92 Å². The topological polar surface area (TPSA) is 74.5 Å². The lowest BCUT2D eigenvalue weighted by atomic mass is 10.4. The second-order valence-corrected chi connectivity index (χ2v) is 4.27. The van der Waals surface area contributed by atoms with Crippen molar-refractivity contribution in [3.8, 4) is 0 Å². The highest BCUT2D eigenvalue weighted by Gasteiger charge is 2.28. The van der Waals surface area contributed by atoms with Crippen molar-refractivity contribution >= 4 is 5.91 Å². The van der Waals surface area contributed by atoms with Gasteiger partial charge in [0.05, 0.1) is 6.54 Å². The maximum absolute atomic E-state index is 11.3. The van der Waals surface area contributed by atoms with Crippen molar-refractivity contribution in [2.75, 3.05) is 13.1 Å².